The minimum atomic E-state index is -3.78. The fourth-order valence-corrected chi connectivity index (χ4v) is 3.04. The first kappa shape index (κ1) is 17.8. The average Bonchev–Trinajstić information content (AvgIpc) is 2.88. The predicted molar refractivity (Wildman–Crippen MR) is 73.1 cm³/mol. The molecule has 0 saturated heterocycles. The molecule has 21 heavy (non-hydrogen) atoms. The molecule has 0 bridgehead atoms. The summed E-state index contributed by atoms with van der Waals surface area (Å²) < 4.78 is 31.1. The van der Waals surface area contributed by atoms with Crippen LogP contribution in [0.5, 0.6) is 5.75 Å². The molecule has 0 aliphatic carbocycles. The summed E-state index contributed by atoms with van der Waals surface area (Å²) in [6, 6.07) is 6.12. The van der Waals surface area contributed by atoms with Crippen LogP contribution in [0.4, 0.5) is 0 Å². The first-order chi connectivity index (χ1) is 9.26. The third-order valence-electron chi connectivity index (χ3n) is 2.77. The minimum Gasteiger partial charge on any atom is -0.497 e. The van der Waals surface area contributed by atoms with Gasteiger partial charge < -0.3 is 16.0 Å². The van der Waals surface area contributed by atoms with Gasteiger partial charge in [0, 0.05) is 0 Å². The first-order valence-corrected chi connectivity index (χ1v) is 7.44. The molecule has 108 valence electrons. The zero-order chi connectivity index (χ0) is 15.0. The molecule has 8 heteroatoms. The summed E-state index contributed by atoms with van der Waals surface area (Å²) in [6.45, 7) is 5.63. The van der Waals surface area contributed by atoms with Gasteiger partial charge in [-0.1, -0.05) is 31.7 Å². The number of ether oxygens (including phenoxy) is 1. The summed E-state index contributed by atoms with van der Waals surface area (Å²) in [5, 5.41) is 7.26. The number of hydrogen-bond acceptors (Lipinski definition) is 5. The van der Waals surface area contributed by atoms with Crippen molar-refractivity contribution in [2.75, 3.05) is 7.11 Å². The van der Waals surface area contributed by atoms with Gasteiger partial charge >= 0.3 is 18.9 Å². The molecule has 1 aromatic carbocycles. The van der Waals surface area contributed by atoms with E-state index in [1.807, 2.05) is 20.8 Å². The summed E-state index contributed by atoms with van der Waals surface area (Å²) in [7, 11) is -2.26. The Bertz CT molecular complexity index is 703. The van der Waals surface area contributed by atoms with Crippen molar-refractivity contribution in [3.8, 4) is 5.75 Å². The van der Waals surface area contributed by atoms with E-state index in [2.05, 4.69) is 16.5 Å². The average molecular weight is 301 g/mol. The fourth-order valence-electron chi connectivity index (χ4n) is 1.67. The second-order valence-electron chi connectivity index (χ2n) is 5.32. The van der Waals surface area contributed by atoms with Gasteiger partial charge in [-0.3, -0.25) is 0 Å². The van der Waals surface area contributed by atoms with Crippen LogP contribution in [0, 0.1) is 6.20 Å². The molecule has 0 N–H and O–H groups in total. The van der Waals surface area contributed by atoms with Gasteiger partial charge in [0.2, 0.25) is 0 Å². The fraction of sp³-hybridized carbons (Fsp3) is 0.385. The summed E-state index contributed by atoms with van der Waals surface area (Å²) in [5.74, 6) is 0.588. The van der Waals surface area contributed by atoms with Crippen molar-refractivity contribution >= 4 is 10.0 Å². The van der Waals surface area contributed by atoms with Crippen molar-refractivity contribution in [1.82, 2.24) is 14.4 Å². The third-order valence-corrected chi connectivity index (χ3v) is 4.35. The van der Waals surface area contributed by atoms with Crippen molar-refractivity contribution in [2.45, 2.75) is 31.1 Å². The molecular weight excluding hydrogens is 285 g/mol. The molecule has 6 nitrogen and oxygen atoms in total. The van der Waals surface area contributed by atoms with Crippen LogP contribution in [0.2, 0.25) is 0 Å². The number of nitrogens with zero attached hydrogens (tertiary/aromatic N) is 3. The van der Waals surface area contributed by atoms with Gasteiger partial charge in [0.15, 0.2) is 0 Å². The van der Waals surface area contributed by atoms with E-state index in [1.54, 1.807) is 12.1 Å². The maximum atomic E-state index is 12.6. The molecule has 0 aliphatic heterocycles. The second-order valence-corrected chi connectivity index (χ2v) is 7.09. The predicted octanol–water partition coefficient (Wildman–Crippen LogP) is -1.37. The van der Waals surface area contributed by atoms with Crippen LogP contribution in [0.25, 0.3) is 0 Å². The van der Waals surface area contributed by atoms with Gasteiger partial charge in [0.05, 0.1) is 12.0 Å². The van der Waals surface area contributed by atoms with E-state index in [0.29, 0.717) is 11.4 Å². The van der Waals surface area contributed by atoms with Crippen LogP contribution in [0.15, 0.2) is 29.2 Å². The van der Waals surface area contributed by atoms with Gasteiger partial charge in [-0.05, 0) is 29.7 Å². The van der Waals surface area contributed by atoms with Crippen molar-refractivity contribution in [2.24, 2.45) is 0 Å². The van der Waals surface area contributed by atoms with Crippen molar-refractivity contribution < 1.29 is 32.0 Å². The summed E-state index contributed by atoms with van der Waals surface area (Å²) in [5.41, 5.74) is -0.0171. The number of methoxy groups -OCH3 is 1. The summed E-state index contributed by atoms with van der Waals surface area (Å²) in [6.07, 6.45) is 2.64. The quantitative estimate of drug-likeness (QED) is 0.516. The molecule has 0 spiro atoms. The summed E-state index contributed by atoms with van der Waals surface area (Å²) in [4.78, 5) is 0.128. The molecule has 1 heterocycles. The van der Waals surface area contributed by atoms with E-state index in [1.165, 1.54) is 19.2 Å². The molecule has 0 aliphatic rings. The molecule has 0 radical (unpaired) electrons. The van der Waals surface area contributed by atoms with E-state index >= 15 is 0 Å². The molecule has 0 atom stereocenters. The van der Waals surface area contributed by atoms with E-state index < -0.39 is 15.4 Å². The van der Waals surface area contributed by atoms with Crippen LogP contribution in [-0.4, -0.2) is 29.9 Å². The van der Waals surface area contributed by atoms with Crippen LogP contribution >= 0.6 is 0 Å². The maximum Gasteiger partial charge on any atom is 1.00 e. The minimum absolute atomic E-state index is 0. The molecule has 0 amide bonds. The van der Waals surface area contributed by atoms with Crippen LogP contribution in [0.3, 0.4) is 0 Å². The van der Waals surface area contributed by atoms with E-state index in [9.17, 15) is 8.42 Å². The van der Waals surface area contributed by atoms with E-state index in [0.717, 1.165) is 4.09 Å². The third kappa shape index (κ3) is 3.49. The Labute approximate surface area is 136 Å². The van der Waals surface area contributed by atoms with Gasteiger partial charge in [-0.25, -0.2) is 0 Å². The Morgan fingerprint density at radius 3 is 2.24 bits per heavy atom. The first-order valence-electron chi connectivity index (χ1n) is 6.00. The Kier molecular flexibility index (Phi) is 5.26. The second kappa shape index (κ2) is 6.22. The van der Waals surface area contributed by atoms with Crippen molar-refractivity contribution in [3.63, 3.8) is 0 Å². The molecular formula is C13H16LiN3O3S. The van der Waals surface area contributed by atoms with Crippen LogP contribution in [-0.2, 0) is 15.4 Å². The molecule has 0 fully saturated rings. The van der Waals surface area contributed by atoms with Gasteiger partial charge in [0.25, 0.3) is 10.0 Å². The monoisotopic (exact) mass is 301 g/mol. The maximum absolute atomic E-state index is 12.6. The Balaban J connectivity index is 0.00000220. The normalized spacial score (nSPS) is 11.8. The standard InChI is InChI=1S/C13H16N3O3S.Li/c1-13(2,3)12-9-14-15-16(12)20(17,18)11-7-5-10(19-4)6-8-11;/h5-8H,1-4H3;/q-1;+1. The Morgan fingerprint density at radius 2 is 1.76 bits per heavy atom. The van der Waals surface area contributed by atoms with E-state index in [4.69, 9.17) is 4.74 Å². The Morgan fingerprint density at radius 1 is 1.19 bits per heavy atom. The molecule has 1 aromatic heterocycles. The van der Waals surface area contributed by atoms with Gasteiger partial charge in [0.1, 0.15) is 5.75 Å². The number of hydrogen-bond donors (Lipinski definition) is 0. The smallest absolute Gasteiger partial charge is 0.497 e. The number of benzene rings is 1. The van der Waals surface area contributed by atoms with Gasteiger partial charge in [-0.2, -0.15) is 12.5 Å². The van der Waals surface area contributed by atoms with Crippen LogP contribution < -0.4 is 23.6 Å². The zero-order valence-electron chi connectivity index (χ0n) is 12.8. The molecule has 2 rings (SSSR count). The van der Waals surface area contributed by atoms with Gasteiger partial charge in [-0.15, -0.1) is 0 Å². The molecule has 2 aromatic rings. The number of rotatable bonds is 3. The number of aromatic nitrogens is 3. The van der Waals surface area contributed by atoms with E-state index in [-0.39, 0.29) is 23.8 Å². The van der Waals surface area contributed by atoms with Crippen molar-refractivity contribution in [3.05, 3.63) is 36.2 Å². The Hall–Kier alpha value is -1.29. The van der Waals surface area contributed by atoms with Crippen LogP contribution in [0.1, 0.15) is 26.5 Å². The largest absolute Gasteiger partial charge is 1.00 e. The molecule has 0 unspecified atom stereocenters. The zero-order valence-corrected chi connectivity index (χ0v) is 13.6. The SMILES string of the molecule is COc1ccc(S(=O)(=O)n2nn[c-]c2C(C)(C)C)cc1.[Li+]. The molecule has 0 saturated carbocycles. The summed E-state index contributed by atoms with van der Waals surface area (Å²) >= 11 is 0. The topological polar surface area (TPSA) is 74.1 Å². The van der Waals surface area contributed by atoms with Crippen molar-refractivity contribution in [1.29, 1.82) is 0 Å².